The largest absolute Gasteiger partial charge is 0.508 e. The first-order chi connectivity index (χ1) is 6.56. The molecule has 1 aromatic rings. The number of aromatic nitrogens is 1. The van der Waals surface area contributed by atoms with Gasteiger partial charge in [0.25, 0.3) is 0 Å². The Labute approximate surface area is 82.9 Å². The zero-order chi connectivity index (χ0) is 10.6. The second-order valence-electron chi connectivity index (χ2n) is 3.28. The van der Waals surface area contributed by atoms with E-state index in [2.05, 4.69) is 9.72 Å². The van der Waals surface area contributed by atoms with Crippen molar-refractivity contribution in [2.75, 3.05) is 7.11 Å². The highest BCUT2D eigenvalue weighted by molar-refractivity contribution is 5.60. The molecule has 76 valence electrons. The summed E-state index contributed by atoms with van der Waals surface area (Å²) >= 11 is 0. The lowest BCUT2D eigenvalue weighted by Crippen LogP contribution is -2.26. The van der Waals surface area contributed by atoms with Crippen LogP contribution in [0.4, 0.5) is 4.79 Å². The molecule has 4 nitrogen and oxygen atoms in total. The van der Waals surface area contributed by atoms with Crippen LogP contribution in [0.3, 0.4) is 0 Å². The molecular formula is C10H13NO3. The molecule has 1 aromatic heterocycles. The highest BCUT2D eigenvalue weighted by atomic mass is 16.7. The summed E-state index contributed by atoms with van der Waals surface area (Å²) in [5, 5.41) is 0. The highest BCUT2D eigenvalue weighted by Gasteiger charge is 2.26. The quantitative estimate of drug-likeness (QED) is 0.678. The van der Waals surface area contributed by atoms with Crippen molar-refractivity contribution in [3.63, 3.8) is 0 Å². The predicted molar refractivity (Wildman–Crippen MR) is 50.8 cm³/mol. The summed E-state index contributed by atoms with van der Waals surface area (Å²) in [6.45, 7) is 3.51. The molecule has 1 heterocycles. The normalized spacial score (nSPS) is 10.8. The van der Waals surface area contributed by atoms with Crippen molar-refractivity contribution in [3.05, 3.63) is 30.1 Å². The van der Waals surface area contributed by atoms with Gasteiger partial charge in [0, 0.05) is 6.20 Å². The first-order valence-corrected chi connectivity index (χ1v) is 4.25. The number of methoxy groups -OCH3 is 1. The van der Waals surface area contributed by atoms with Crippen molar-refractivity contribution in [1.29, 1.82) is 0 Å². The van der Waals surface area contributed by atoms with E-state index in [1.807, 2.05) is 6.07 Å². The molecule has 14 heavy (non-hydrogen) atoms. The second kappa shape index (κ2) is 4.09. The third-order valence-electron chi connectivity index (χ3n) is 1.79. The number of carbonyl (C=O) groups excluding carboxylic acids is 1. The fourth-order valence-electron chi connectivity index (χ4n) is 1.02. The summed E-state index contributed by atoms with van der Waals surface area (Å²) in [7, 11) is 1.27. The Bertz CT molecular complexity index is 308. The number of nitrogens with zero attached hydrogens (tertiary/aromatic N) is 1. The fourth-order valence-corrected chi connectivity index (χ4v) is 1.02. The van der Waals surface area contributed by atoms with E-state index in [1.165, 1.54) is 7.11 Å². The van der Waals surface area contributed by atoms with Crippen LogP contribution in [0.25, 0.3) is 0 Å². The lowest BCUT2D eigenvalue weighted by Gasteiger charge is -2.23. The standard InChI is InChI=1S/C10H13NO3/c1-10(2,14-9(12)13-3)8-6-4-5-7-11-8/h4-7H,1-3H3. The first-order valence-electron chi connectivity index (χ1n) is 4.25. The summed E-state index contributed by atoms with van der Waals surface area (Å²) in [5.74, 6) is 0. The first kappa shape index (κ1) is 10.5. The van der Waals surface area contributed by atoms with Crippen molar-refractivity contribution < 1.29 is 14.3 Å². The van der Waals surface area contributed by atoms with E-state index >= 15 is 0 Å². The van der Waals surface area contributed by atoms with Gasteiger partial charge in [-0.3, -0.25) is 4.98 Å². The summed E-state index contributed by atoms with van der Waals surface area (Å²) in [6, 6.07) is 5.44. The summed E-state index contributed by atoms with van der Waals surface area (Å²) in [6.07, 6.45) is 0.943. The van der Waals surface area contributed by atoms with Gasteiger partial charge in [-0.25, -0.2) is 4.79 Å². The SMILES string of the molecule is COC(=O)OC(C)(C)c1ccccn1. The Morgan fingerprint density at radius 3 is 2.64 bits per heavy atom. The van der Waals surface area contributed by atoms with Gasteiger partial charge in [0.2, 0.25) is 0 Å². The zero-order valence-electron chi connectivity index (χ0n) is 8.48. The molecule has 0 bridgehead atoms. The maximum absolute atomic E-state index is 10.9. The Morgan fingerprint density at radius 1 is 1.43 bits per heavy atom. The summed E-state index contributed by atoms with van der Waals surface area (Å²) in [5.41, 5.74) is -0.0839. The minimum atomic E-state index is -0.769. The van der Waals surface area contributed by atoms with Gasteiger partial charge >= 0.3 is 6.16 Å². The highest BCUT2D eigenvalue weighted by Crippen LogP contribution is 2.22. The minimum absolute atomic E-state index is 0.686. The molecule has 0 aliphatic heterocycles. The summed E-state index contributed by atoms with van der Waals surface area (Å²) < 4.78 is 9.47. The topological polar surface area (TPSA) is 48.4 Å². The Hall–Kier alpha value is -1.58. The maximum atomic E-state index is 10.9. The Balaban J connectivity index is 2.80. The number of ether oxygens (including phenoxy) is 2. The van der Waals surface area contributed by atoms with Crippen LogP contribution in [0.15, 0.2) is 24.4 Å². The lowest BCUT2D eigenvalue weighted by molar-refractivity contribution is -0.0118. The monoisotopic (exact) mass is 195 g/mol. The van der Waals surface area contributed by atoms with Gasteiger partial charge in [-0.05, 0) is 26.0 Å². The fraction of sp³-hybridized carbons (Fsp3) is 0.400. The third-order valence-corrected chi connectivity index (χ3v) is 1.79. The predicted octanol–water partition coefficient (Wildman–Crippen LogP) is 2.10. The van der Waals surface area contributed by atoms with Crippen molar-refractivity contribution in [2.24, 2.45) is 0 Å². The minimum Gasteiger partial charge on any atom is -0.438 e. The van der Waals surface area contributed by atoms with Crippen molar-refractivity contribution in [2.45, 2.75) is 19.4 Å². The number of rotatable bonds is 2. The van der Waals surface area contributed by atoms with Gasteiger partial charge in [0.1, 0.15) is 0 Å². The molecule has 0 atom stereocenters. The molecule has 0 aliphatic rings. The molecule has 0 aromatic carbocycles. The second-order valence-corrected chi connectivity index (χ2v) is 3.28. The lowest BCUT2D eigenvalue weighted by atomic mass is 10.0. The van der Waals surface area contributed by atoms with Gasteiger partial charge < -0.3 is 9.47 Å². The van der Waals surface area contributed by atoms with Gasteiger partial charge in [0.05, 0.1) is 12.8 Å². The third kappa shape index (κ3) is 2.45. The van der Waals surface area contributed by atoms with Crippen LogP contribution < -0.4 is 0 Å². The van der Waals surface area contributed by atoms with E-state index in [0.717, 1.165) is 0 Å². The van der Waals surface area contributed by atoms with Gasteiger partial charge in [-0.1, -0.05) is 6.07 Å². The van der Waals surface area contributed by atoms with E-state index in [9.17, 15) is 4.79 Å². The molecule has 0 spiro atoms. The molecule has 0 unspecified atom stereocenters. The van der Waals surface area contributed by atoms with Crippen molar-refractivity contribution >= 4 is 6.16 Å². The molecule has 0 radical (unpaired) electrons. The molecule has 0 aliphatic carbocycles. The van der Waals surface area contributed by atoms with Crippen molar-refractivity contribution in [3.8, 4) is 0 Å². The van der Waals surface area contributed by atoms with Gasteiger partial charge in [-0.2, -0.15) is 0 Å². The maximum Gasteiger partial charge on any atom is 0.508 e. The van der Waals surface area contributed by atoms with E-state index < -0.39 is 11.8 Å². The molecule has 0 saturated carbocycles. The average Bonchev–Trinajstić information content (AvgIpc) is 2.18. The van der Waals surface area contributed by atoms with E-state index in [4.69, 9.17) is 4.74 Å². The average molecular weight is 195 g/mol. The number of carbonyl (C=O) groups is 1. The molecule has 0 amide bonds. The van der Waals surface area contributed by atoms with Crippen LogP contribution in [0.5, 0.6) is 0 Å². The van der Waals surface area contributed by atoms with Gasteiger partial charge in [-0.15, -0.1) is 0 Å². The smallest absolute Gasteiger partial charge is 0.438 e. The number of pyridine rings is 1. The number of hydrogen-bond donors (Lipinski definition) is 0. The Morgan fingerprint density at radius 2 is 2.14 bits per heavy atom. The van der Waals surface area contributed by atoms with Gasteiger partial charge in [0.15, 0.2) is 5.60 Å². The molecular weight excluding hydrogens is 182 g/mol. The molecule has 0 fully saturated rings. The Kier molecular flexibility index (Phi) is 3.06. The van der Waals surface area contributed by atoms with Crippen LogP contribution in [0.2, 0.25) is 0 Å². The van der Waals surface area contributed by atoms with Crippen LogP contribution in [0, 0.1) is 0 Å². The van der Waals surface area contributed by atoms with E-state index in [0.29, 0.717) is 5.69 Å². The molecule has 0 N–H and O–H groups in total. The van der Waals surface area contributed by atoms with Crippen LogP contribution in [-0.2, 0) is 15.1 Å². The van der Waals surface area contributed by atoms with E-state index in [1.54, 1.807) is 32.2 Å². The van der Waals surface area contributed by atoms with E-state index in [-0.39, 0.29) is 0 Å². The van der Waals surface area contributed by atoms with Crippen LogP contribution in [-0.4, -0.2) is 18.2 Å². The zero-order valence-corrected chi connectivity index (χ0v) is 8.48. The molecule has 4 heteroatoms. The van der Waals surface area contributed by atoms with Crippen LogP contribution in [0.1, 0.15) is 19.5 Å². The molecule has 0 saturated heterocycles. The van der Waals surface area contributed by atoms with Crippen LogP contribution >= 0.6 is 0 Å². The molecule has 1 rings (SSSR count). The number of hydrogen-bond acceptors (Lipinski definition) is 4. The summed E-state index contributed by atoms with van der Waals surface area (Å²) in [4.78, 5) is 15.0. The van der Waals surface area contributed by atoms with Crippen molar-refractivity contribution in [1.82, 2.24) is 4.98 Å².